The number of hydrogen-bond donors (Lipinski definition) is 1. The van der Waals surface area contributed by atoms with E-state index in [1.807, 2.05) is 37.3 Å². The smallest absolute Gasteiger partial charge is 0.340 e. The van der Waals surface area contributed by atoms with Crippen molar-refractivity contribution < 1.29 is 9.53 Å². The van der Waals surface area contributed by atoms with Crippen molar-refractivity contribution in [2.45, 2.75) is 13.2 Å². The molecule has 4 heteroatoms. The first-order valence-corrected chi connectivity index (χ1v) is 5.74. The minimum absolute atomic E-state index is 0.295. The molecule has 90 valence electrons. The molecule has 0 fully saturated rings. The number of rotatable bonds is 2. The van der Waals surface area contributed by atoms with Crippen LogP contribution >= 0.6 is 0 Å². The Morgan fingerprint density at radius 1 is 1.22 bits per heavy atom. The molecule has 18 heavy (non-hydrogen) atoms. The quantitative estimate of drug-likeness (QED) is 0.820. The van der Waals surface area contributed by atoms with Gasteiger partial charge in [-0.05, 0) is 24.6 Å². The van der Waals surface area contributed by atoms with E-state index < -0.39 is 6.23 Å². The maximum atomic E-state index is 11.7. The van der Waals surface area contributed by atoms with Gasteiger partial charge in [0.2, 0.25) is 6.23 Å². The van der Waals surface area contributed by atoms with Gasteiger partial charge in [0, 0.05) is 11.8 Å². The second-order valence-corrected chi connectivity index (χ2v) is 4.19. The van der Waals surface area contributed by atoms with Crippen molar-refractivity contribution in [2.24, 2.45) is 0 Å². The van der Waals surface area contributed by atoms with E-state index in [9.17, 15) is 4.79 Å². The van der Waals surface area contributed by atoms with Crippen LogP contribution in [0.5, 0.6) is 0 Å². The Labute approximate surface area is 105 Å². The van der Waals surface area contributed by atoms with Crippen molar-refractivity contribution in [3.63, 3.8) is 0 Å². The monoisotopic (exact) mass is 240 g/mol. The summed E-state index contributed by atoms with van der Waals surface area (Å²) < 4.78 is 5.30. The molecule has 4 nitrogen and oxygen atoms in total. The average molecular weight is 240 g/mol. The molecular weight excluding hydrogens is 228 g/mol. The number of carbonyl (C=O) groups is 1. The predicted octanol–water partition coefficient (Wildman–Crippen LogP) is 2.67. The van der Waals surface area contributed by atoms with Crippen molar-refractivity contribution in [3.8, 4) is 0 Å². The molecule has 1 aromatic heterocycles. The Kier molecular flexibility index (Phi) is 2.48. The van der Waals surface area contributed by atoms with E-state index in [0.29, 0.717) is 5.56 Å². The van der Waals surface area contributed by atoms with Crippen molar-refractivity contribution in [2.75, 3.05) is 5.32 Å². The highest BCUT2D eigenvalue weighted by Crippen LogP contribution is 2.31. The van der Waals surface area contributed by atoms with Crippen molar-refractivity contribution in [3.05, 3.63) is 59.3 Å². The van der Waals surface area contributed by atoms with Crippen molar-refractivity contribution in [1.82, 2.24) is 4.98 Å². The second kappa shape index (κ2) is 4.14. The van der Waals surface area contributed by atoms with Crippen LogP contribution < -0.4 is 5.32 Å². The predicted molar refractivity (Wildman–Crippen MR) is 67.2 cm³/mol. The van der Waals surface area contributed by atoms with Crippen LogP contribution in [0.2, 0.25) is 0 Å². The number of carbonyl (C=O) groups excluding carboxylic acids is 1. The van der Waals surface area contributed by atoms with E-state index in [0.717, 1.165) is 16.9 Å². The normalized spacial score (nSPS) is 17.2. The fourth-order valence-corrected chi connectivity index (χ4v) is 2.01. The highest BCUT2D eigenvalue weighted by atomic mass is 16.6. The van der Waals surface area contributed by atoms with Gasteiger partial charge in [-0.2, -0.15) is 0 Å². The van der Waals surface area contributed by atoms with E-state index >= 15 is 0 Å². The number of ether oxygens (including phenoxy) is 1. The van der Waals surface area contributed by atoms with Crippen molar-refractivity contribution >= 4 is 11.8 Å². The number of cyclic esters (lactones) is 1. The summed E-state index contributed by atoms with van der Waals surface area (Å²) in [7, 11) is 0. The number of fused-ring (bicyclic) bond motifs is 1. The number of aromatic nitrogens is 1. The SMILES string of the molecule is Cc1cccnc1N[C@@H]1OC(=O)c2ccccc21. The van der Waals surface area contributed by atoms with Gasteiger partial charge in [0.25, 0.3) is 0 Å². The number of pyridine rings is 1. The highest BCUT2D eigenvalue weighted by Gasteiger charge is 2.30. The molecule has 1 aliphatic heterocycles. The highest BCUT2D eigenvalue weighted by molar-refractivity contribution is 5.94. The lowest BCUT2D eigenvalue weighted by molar-refractivity contribution is 0.0436. The van der Waals surface area contributed by atoms with E-state index in [-0.39, 0.29) is 5.97 Å². The molecule has 2 aromatic rings. The molecule has 1 aromatic carbocycles. The summed E-state index contributed by atoms with van der Waals surface area (Å²) in [4.78, 5) is 15.9. The summed E-state index contributed by atoms with van der Waals surface area (Å²) in [6.07, 6.45) is 1.25. The maximum absolute atomic E-state index is 11.7. The van der Waals surface area contributed by atoms with E-state index in [4.69, 9.17) is 4.74 Å². The molecule has 3 rings (SSSR count). The maximum Gasteiger partial charge on any atom is 0.340 e. The minimum atomic E-state index is -0.456. The van der Waals surface area contributed by atoms with Gasteiger partial charge in [-0.3, -0.25) is 0 Å². The summed E-state index contributed by atoms with van der Waals surface area (Å²) in [5.74, 6) is 0.434. The Morgan fingerprint density at radius 2 is 2.06 bits per heavy atom. The van der Waals surface area contributed by atoms with E-state index in [1.165, 1.54) is 0 Å². The number of aryl methyl sites for hydroxylation is 1. The molecule has 0 radical (unpaired) electrons. The van der Waals surface area contributed by atoms with Crippen LogP contribution in [-0.4, -0.2) is 11.0 Å². The van der Waals surface area contributed by atoms with Gasteiger partial charge in [0.1, 0.15) is 5.82 Å². The number of benzene rings is 1. The topological polar surface area (TPSA) is 51.2 Å². The molecule has 0 bridgehead atoms. The molecule has 1 atom stereocenters. The van der Waals surface area contributed by atoms with Gasteiger partial charge in [-0.25, -0.2) is 9.78 Å². The third-order valence-corrected chi connectivity index (χ3v) is 2.97. The molecule has 1 aliphatic rings. The van der Waals surface area contributed by atoms with Gasteiger partial charge in [0.15, 0.2) is 0 Å². The van der Waals surface area contributed by atoms with Crippen LogP contribution in [-0.2, 0) is 4.74 Å². The van der Waals surface area contributed by atoms with E-state index in [1.54, 1.807) is 12.3 Å². The summed E-state index contributed by atoms with van der Waals surface area (Å²) in [5, 5.41) is 3.14. The number of esters is 1. The van der Waals surface area contributed by atoms with Gasteiger partial charge in [-0.15, -0.1) is 0 Å². The molecule has 0 amide bonds. The Hall–Kier alpha value is -2.36. The number of anilines is 1. The van der Waals surface area contributed by atoms with Crippen LogP contribution in [0.1, 0.15) is 27.7 Å². The summed E-state index contributed by atoms with van der Waals surface area (Å²) >= 11 is 0. The average Bonchev–Trinajstić information content (AvgIpc) is 2.70. The third kappa shape index (κ3) is 1.72. The summed E-state index contributed by atoms with van der Waals surface area (Å²) in [5.41, 5.74) is 2.48. The summed E-state index contributed by atoms with van der Waals surface area (Å²) in [6.45, 7) is 1.96. The standard InChI is InChI=1S/C14H12N2O2/c1-9-5-4-8-15-12(9)16-13-10-6-2-3-7-11(10)14(17)18-13/h2-8,13H,1H3,(H,15,16)/t13-/m1/s1. The molecule has 1 N–H and O–H groups in total. The molecule has 0 unspecified atom stereocenters. The zero-order chi connectivity index (χ0) is 12.5. The number of nitrogens with zero attached hydrogens (tertiary/aromatic N) is 1. The lowest BCUT2D eigenvalue weighted by Crippen LogP contribution is -2.12. The minimum Gasteiger partial charge on any atom is -0.434 e. The van der Waals surface area contributed by atoms with Gasteiger partial charge in [0.05, 0.1) is 5.56 Å². The molecule has 0 saturated carbocycles. The van der Waals surface area contributed by atoms with Crippen LogP contribution in [0.3, 0.4) is 0 Å². The van der Waals surface area contributed by atoms with E-state index in [2.05, 4.69) is 10.3 Å². The molecule has 0 saturated heterocycles. The van der Waals surface area contributed by atoms with Crippen LogP contribution in [0, 0.1) is 6.92 Å². The Bertz CT molecular complexity index is 610. The van der Waals surface area contributed by atoms with Gasteiger partial charge >= 0.3 is 5.97 Å². The lowest BCUT2D eigenvalue weighted by atomic mass is 10.1. The first kappa shape index (κ1) is 10.8. The molecule has 2 heterocycles. The fraction of sp³-hybridized carbons (Fsp3) is 0.143. The first-order valence-electron chi connectivity index (χ1n) is 5.74. The largest absolute Gasteiger partial charge is 0.434 e. The Morgan fingerprint density at radius 3 is 2.89 bits per heavy atom. The van der Waals surface area contributed by atoms with Crippen LogP contribution in [0.15, 0.2) is 42.6 Å². The number of hydrogen-bond acceptors (Lipinski definition) is 4. The molecule has 0 aliphatic carbocycles. The first-order chi connectivity index (χ1) is 8.75. The van der Waals surface area contributed by atoms with Gasteiger partial charge < -0.3 is 10.1 Å². The second-order valence-electron chi connectivity index (χ2n) is 4.19. The summed E-state index contributed by atoms with van der Waals surface area (Å²) in [6, 6.07) is 11.2. The zero-order valence-electron chi connectivity index (χ0n) is 9.88. The molecule has 0 spiro atoms. The van der Waals surface area contributed by atoms with Gasteiger partial charge in [-0.1, -0.05) is 24.3 Å². The fourth-order valence-electron chi connectivity index (χ4n) is 2.01. The number of nitrogens with one attached hydrogen (secondary N) is 1. The van der Waals surface area contributed by atoms with Crippen LogP contribution in [0.4, 0.5) is 5.82 Å². The lowest BCUT2D eigenvalue weighted by Gasteiger charge is -2.14. The van der Waals surface area contributed by atoms with Crippen LogP contribution in [0.25, 0.3) is 0 Å². The zero-order valence-corrected chi connectivity index (χ0v) is 9.88. The van der Waals surface area contributed by atoms with Crippen molar-refractivity contribution in [1.29, 1.82) is 0 Å². The Balaban J connectivity index is 1.92. The molecular formula is C14H12N2O2. The third-order valence-electron chi connectivity index (χ3n) is 2.97.